The van der Waals surface area contributed by atoms with Crippen LogP contribution in [-0.4, -0.2) is 61.4 Å². The summed E-state index contributed by atoms with van der Waals surface area (Å²) in [5.74, 6) is 1.65. The van der Waals surface area contributed by atoms with E-state index >= 15 is 0 Å². The van der Waals surface area contributed by atoms with Crippen molar-refractivity contribution in [3.63, 3.8) is 0 Å². The van der Waals surface area contributed by atoms with E-state index in [0.29, 0.717) is 25.4 Å². The summed E-state index contributed by atoms with van der Waals surface area (Å²) < 4.78 is 5.20. The van der Waals surface area contributed by atoms with Crippen LogP contribution < -0.4 is 10.1 Å². The largest absolute Gasteiger partial charge is 0.497 e. The average molecular weight is 464 g/mol. The van der Waals surface area contributed by atoms with Crippen molar-refractivity contribution in [2.75, 3.05) is 39.8 Å². The minimum atomic E-state index is 0.0803. The topological polar surface area (TPSA) is 61.9 Å². The summed E-state index contributed by atoms with van der Waals surface area (Å²) in [6, 6.07) is 16.5. The highest BCUT2D eigenvalue weighted by Gasteiger charge is 2.33. The number of methoxy groups -OCH3 is 1. The molecule has 2 aliphatic rings. The molecule has 182 valence electrons. The molecular formula is C28H37N3O3. The first-order valence-corrected chi connectivity index (χ1v) is 12.5. The Balaban J connectivity index is 1.23. The molecule has 34 heavy (non-hydrogen) atoms. The normalized spacial score (nSPS) is 17.6. The van der Waals surface area contributed by atoms with Gasteiger partial charge in [0.25, 0.3) is 0 Å². The average Bonchev–Trinajstić information content (AvgIpc) is 3.70. The minimum absolute atomic E-state index is 0.0803. The van der Waals surface area contributed by atoms with Crippen molar-refractivity contribution in [2.45, 2.75) is 45.1 Å². The molecule has 0 aromatic heterocycles. The monoisotopic (exact) mass is 463 g/mol. The molecule has 2 amide bonds. The first-order chi connectivity index (χ1) is 16.5. The summed E-state index contributed by atoms with van der Waals surface area (Å²) in [4.78, 5) is 29.8. The van der Waals surface area contributed by atoms with Crippen molar-refractivity contribution in [3.8, 4) is 5.75 Å². The zero-order valence-electron chi connectivity index (χ0n) is 20.5. The van der Waals surface area contributed by atoms with E-state index in [0.717, 1.165) is 43.8 Å². The Kier molecular flexibility index (Phi) is 8.22. The Morgan fingerprint density at radius 2 is 1.74 bits per heavy atom. The van der Waals surface area contributed by atoms with Gasteiger partial charge in [-0.15, -0.1) is 0 Å². The molecule has 0 radical (unpaired) electrons. The Labute approximate surface area is 203 Å². The van der Waals surface area contributed by atoms with Gasteiger partial charge in [0, 0.05) is 32.6 Å². The molecule has 1 unspecified atom stereocenters. The number of amides is 2. The van der Waals surface area contributed by atoms with E-state index in [2.05, 4.69) is 41.4 Å². The van der Waals surface area contributed by atoms with E-state index in [1.54, 1.807) is 7.11 Å². The van der Waals surface area contributed by atoms with E-state index in [4.69, 9.17) is 4.74 Å². The van der Waals surface area contributed by atoms with Crippen LogP contribution in [0.3, 0.4) is 0 Å². The molecule has 2 fully saturated rings. The second-order valence-corrected chi connectivity index (χ2v) is 9.65. The third kappa shape index (κ3) is 6.83. The Hall–Kier alpha value is -2.86. The second-order valence-electron chi connectivity index (χ2n) is 9.65. The summed E-state index contributed by atoms with van der Waals surface area (Å²) >= 11 is 0. The van der Waals surface area contributed by atoms with Gasteiger partial charge in [0.15, 0.2) is 0 Å². The van der Waals surface area contributed by atoms with Gasteiger partial charge in [0.1, 0.15) is 5.75 Å². The van der Waals surface area contributed by atoms with Crippen LogP contribution in [0, 0.1) is 12.8 Å². The molecule has 1 N–H and O–H groups in total. The van der Waals surface area contributed by atoms with Gasteiger partial charge >= 0.3 is 0 Å². The molecule has 1 aliphatic carbocycles. The van der Waals surface area contributed by atoms with E-state index < -0.39 is 0 Å². The molecule has 1 heterocycles. The number of benzene rings is 2. The zero-order chi connectivity index (χ0) is 23.9. The summed E-state index contributed by atoms with van der Waals surface area (Å²) in [7, 11) is 1.65. The number of hydrogen-bond acceptors (Lipinski definition) is 4. The molecule has 1 saturated carbocycles. The molecule has 0 spiro atoms. The van der Waals surface area contributed by atoms with Crippen LogP contribution in [0.25, 0.3) is 0 Å². The fourth-order valence-electron chi connectivity index (χ4n) is 4.68. The van der Waals surface area contributed by atoms with Gasteiger partial charge in [-0.3, -0.25) is 14.5 Å². The highest BCUT2D eigenvalue weighted by atomic mass is 16.5. The van der Waals surface area contributed by atoms with Crippen molar-refractivity contribution < 1.29 is 14.3 Å². The van der Waals surface area contributed by atoms with Crippen molar-refractivity contribution in [1.82, 2.24) is 15.1 Å². The highest BCUT2D eigenvalue weighted by Crippen LogP contribution is 2.41. The Morgan fingerprint density at radius 3 is 2.41 bits per heavy atom. The number of rotatable bonds is 9. The van der Waals surface area contributed by atoms with E-state index in [-0.39, 0.29) is 17.9 Å². The lowest BCUT2D eigenvalue weighted by Crippen LogP contribution is -2.41. The number of carbonyl (C=O) groups is 2. The van der Waals surface area contributed by atoms with Gasteiger partial charge in [-0.1, -0.05) is 42.0 Å². The van der Waals surface area contributed by atoms with Crippen LogP contribution in [0.2, 0.25) is 0 Å². The molecule has 2 aromatic carbocycles. The lowest BCUT2D eigenvalue weighted by molar-refractivity contribution is -0.131. The SMILES string of the molecule is COc1ccc(CCC(=O)N2CCCN(CC(=O)NC(c3ccc(C)cc3)C3CC3)CC2)cc1. The number of ether oxygens (including phenoxy) is 1. The van der Waals surface area contributed by atoms with Crippen molar-refractivity contribution in [3.05, 3.63) is 65.2 Å². The summed E-state index contributed by atoms with van der Waals surface area (Å²) in [6.07, 6.45) is 4.48. The number of aryl methyl sites for hydroxylation is 2. The van der Waals surface area contributed by atoms with Crippen LogP contribution >= 0.6 is 0 Å². The van der Waals surface area contributed by atoms with E-state index in [1.807, 2.05) is 29.2 Å². The predicted octanol–water partition coefficient (Wildman–Crippen LogP) is 3.74. The zero-order valence-corrected chi connectivity index (χ0v) is 20.5. The lowest BCUT2D eigenvalue weighted by Gasteiger charge is -2.24. The highest BCUT2D eigenvalue weighted by molar-refractivity contribution is 5.79. The summed E-state index contributed by atoms with van der Waals surface area (Å²) in [5.41, 5.74) is 3.57. The van der Waals surface area contributed by atoms with Crippen LogP contribution in [0.1, 0.15) is 48.4 Å². The maximum atomic E-state index is 12.9. The van der Waals surface area contributed by atoms with E-state index in [1.165, 1.54) is 24.0 Å². The van der Waals surface area contributed by atoms with Crippen molar-refractivity contribution >= 4 is 11.8 Å². The third-order valence-electron chi connectivity index (χ3n) is 6.94. The fraction of sp³-hybridized carbons (Fsp3) is 0.500. The third-order valence-corrected chi connectivity index (χ3v) is 6.94. The molecule has 1 aliphatic heterocycles. The Morgan fingerprint density at radius 1 is 1.00 bits per heavy atom. The molecule has 6 nitrogen and oxygen atoms in total. The van der Waals surface area contributed by atoms with E-state index in [9.17, 15) is 9.59 Å². The van der Waals surface area contributed by atoms with Gasteiger partial charge in [0.05, 0.1) is 19.7 Å². The maximum Gasteiger partial charge on any atom is 0.234 e. The van der Waals surface area contributed by atoms with Gasteiger partial charge in [-0.2, -0.15) is 0 Å². The van der Waals surface area contributed by atoms with Gasteiger partial charge in [0.2, 0.25) is 11.8 Å². The van der Waals surface area contributed by atoms with Gasteiger partial charge in [-0.25, -0.2) is 0 Å². The van der Waals surface area contributed by atoms with Crippen LogP contribution in [0.4, 0.5) is 0 Å². The maximum absolute atomic E-state index is 12.9. The van der Waals surface area contributed by atoms with Crippen LogP contribution in [0.15, 0.2) is 48.5 Å². The summed E-state index contributed by atoms with van der Waals surface area (Å²) in [5, 5.41) is 3.29. The lowest BCUT2D eigenvalue weighted by atomic mass is 10.0. The summed E-state index contributed by atoms with van der Waals surface area (Å²) in [6.45, 7) is 5.49. The standard InChI is InChI=1S/C28H37N3O3/c1-21-4-9-23(10-5-21)28(24-11-12-24)29-26(32)20-30-16-3-17-31(19-18-30)27(33)15-8-22-6-13-25(34-2)14-7-22/h4-7,9-10,13-14,24,28H,3,8,11-12,15-20H2,1-2H3,(H,29,32). The van der Waals surface area contributed by atoms with Crippen LogP contribution in [0.5, 0.6) is 5.75 Å². The first-order valence-electron chi connectivity index (χ1n) is 12.5. The molecule has 1 atom stereocenters. The number of hydrogen-bond donors (Lipinski definition) is 1. The first kappa shape index (κ1) is 24.3. The number of carbonyl (C=O) groups excluding carboxylic acids is 2. The predicted molar refractivity (Wildman–Crippen MR) is 134 cm³/mol. The van der Waals surface area contributed by atoms with Crippen LogP contribution in [-0.2, 0) is 16.0 Å². The number of nitrogens with one attached hydrogen (secondary N) is 1. The van der Waals surface area contributed by atoms with Crippen molar-refractivity contribution in [2.24, 2.45) is 5.92 Å². The molecule has 1 saturated heterocycles. The molecule has 2 aromatic rings. The van der Waals surface area contributed by atoms with Crippen molar-refractivity contribution in [1.29, 1.82) is 0 Å². The molecule has 4 rings (SSSR count). The number of nitrogens with zero attached hydrogens (tertiary/aromatic N) is 2. The van der Waals surface area contributed by atoms with Gasteiger partial charge < -0.3 is 15.0 Å². The Bertz CT molecular complexity index is 954. The quantitative estimate of drug-likeness (QED) is 0.616. The molecule has 6 heteroatoms. The minimum Gasteiger partial charge on any atom is -0.497 e. The fourth-order valence-corrected chi connectivity index (χ4v) is 4.68. The molecule has 0 bridgehead atoms. The second kappa shape index (κ2) is 11.5. The van der Waals surface area contributed by atoms with Gasteiger partial charge in [-0.05, 0) is 61.8 Å². The molecular weight excluding hydrogens is 426 g/mol. The smallest absolute Gasteiger partial charge is 0.234 e.